The van der Waals surface area contributed by atoms with Gasteiger partial charge in [0.25, 0.3) is 0 Å². The summed E-state index contributed by atoms with van der Waals surface area (Å²) in [6, 6.07) is 10.7. The summed E-state index contributed by atoms with van der Waals surface area (Å²) >= 11 is 5.82. The first-order valence-corrected chi connectivity index (χ1v) is 10.1. The summed E-state index contributed by atoms with van der Waals surface area (Å²) in [6.45, 7) is 7.44. The maximum Gasteiger partial charge on any atom is 0.161 e. The minimum Gasteiger partial charge on any atom is -0.493 e. The lowest BCUT2D eigenvalue weighted by Gasteiger charge is -2.18. The highest BCUT2D eigenvalue weighted by Gasteiger charge is 2.28. The largest absolute Gasteiger partial charge is 0.493 e. The van der Waals surface area contributed by atoms with E-state index in [4.69, 9.17) is 21.1 Å². The molecule has 2 atom stereocenters. The molecule has 2 heterocycles. The molecule has 0 spiro atoms. The van der Waals surface area contributed by atoms with Crippen molar-refractivity contribution in [2.75, 3.05) is 26.7 Å². The van der Waals surface area contributed by atoms with E-state index in [2.05, 4.69) is 29.4 Å². The van der Waals surface area contributed by atoms with Crippen LogP contribution in [0.2, 0.25) is 5.15 Å². The molecule has 3 N–H and O–H groups in total. The van der Waals surface area contributed by atoms with Crippen LogP contribution in [0.3, 0.4) is 0 Å². The smallest absolute Gasteiger partial charge is 0.161 e. The van der Waals surface area contributed by atoms with Crippen molar-refractivity contribution in [3.63, 3.8) is 0 Å². The lowest BCUT2D eigenvalue weighted by Crippen LogP contribution is -3.16. The Hall–Kier alpha value is -1.82. The number of methoxy groups -OCH3 is 1. The van der Waals surface area contributed by atoms with Crippen molar-refractivity contribution >= 4 is 11.6 Å². The Labute approximate surface area is 166 Å². The Morgan fingerprint density at radius 2 is 2.07 bits per heavy atom. The van der Waals surface area contributed by atoms with Crippen molar-refractivity contribution in [3.05, 3.63) is 52.8 Å². The molecule has 146 valence electrons. The van der Waals surface area contributed by atoms with E-state index in [-0.39, 0.29) is 0 Å². The number of hydrogen-bond acceptors (Lipinski definition) is 3. The van der Waals surface area contributed by atoms with Gasteiger partial charge in [0, 0.05) is 30.2 Å². The third-order valence-corrected chi connectivity index (χ3v) is 5.55. The van der Waals surface area contributed by atoms with Crippen LogP contribution >= 0.6 is 11.6 Å². The normalized spacial score (nSPS) is 19.2. The fraction of sp³-hybridized carbons (Fsp3) is 0.476. The van der Waals surface area contributed by atoms with Gasteiger partial charge in [-0.05, 0) is 31.2 Å². The third-order valence-electron chi connectivity index (χ3n) is 5.32. The van der Waals surface area contributed by atoms with Gasteiger partial charge in [0.1, 0.15) is 30.9 Å². The molecular weight excluding hydrogens is 362 g/mol. The van der Waals surface area contributed by atoms with Gasteiger partial charge in [-0.1, -0.05) is 17.7 Å². The summed E-state index contributed by atoms with van der Waals surface area (Å²) in [5, 5.41) is 2.90. The first-order valence-electron chi connectivity index (χ1n) is 9.76. The maximum atomic E-state index is 5.90. The molecular formula is C21H30ClN3O2+2. The fourth-order valence-electron chi connectivity index (χ4n) is 3.80. The molecule has 27 heavy (non-hydrogen) atoms. The standard InChI is InChI=1S/C21H28ClN3O2/c1-3-25-10-4-5-18(25)14-23-12-16-6-8-19(20(11-16)26-2)27-15-17-7-9-21(22)24-13-17/h6-9,11,13,18,23H,3-5,10,12,14-15H2,1-2H3/p+2/t18-/m0/s1. The Kier molecular flexibility index (Phi) is 7.33. The molecule has 1 aromatic heterocycles. The van der Waals surface area contributed by atoms with E-state index in [0.717, 1.165) is 29.6 Å². The zero-order valence-electron chi connectivity index (χ0n) is 16.2. The maximum absolute atomic E-state index is 5.90. The van der Waals surface area contributed by atoms with Gasteiger partial charge in [-0.25, -0.2) is 4.98 Å². The van der Waals surface area contributed by atoms with Crippen LogP contribution in [0.4, 0.5) is 0 Å². The number of aromatic nitrogens is 1. The Morgan fingerprint density at radius 1 is 1.22 bits per heavy atom. The Balaban J connectivity index is 1.53. The number of nitrogens with one attached hydrogen (secondary N) is 1. The second-order valence-electron chi connectivity index (χ2n) is 7.09. The lowest BCUT2D eigenvalue weighted by atomic mass is 10.1. The SMILES string of the molecule is CC[NH+]1CCC[C@H]1C[NH2+]Cc1ccc(OCc2ccc(Cl)nc2)c(OC)c1. The summed E-state index contributed by atoms with van der Waals surface area (Å²) in [5.74, 6) is 1.51. The zero-order valence-corrected chi connectivity index (χ0v) is 17.0. The van der Waals surface area contributed by atoms with Crippen molar-refractivity contribution in [3.8, 4) is 11.5 Å². The minimum absolute atomic E-state index is 0.434. The number of ether oxygens (including phenoxy) is 2. The molecule has 2 aromatic rings. The zero-order chi connectivity index (χ0) is 19.1. The van der Waals surface area contributed by atoms with Crippen LogP contribution in [0.5, 0.6) is 11.5 Å². The van der Waals surface area contributed by atoms with Crippen molar-refractivity contribution in [1.82, 2.24) is 4.98 Å². The molecule has 5 nitrogen and oxygen atoms in total. The summed E-state index contributed by atoms with van der Waals surface area (Å²) in [7, 11) is 1.68. The number of nitrogens with zero attached hydrogens (tertiary/aromatic N) is 1. The Morgan fingerprint density at radius 3 is 2.81 bits per heavy atom. The summed E-state index contributed by atoms with van der Waals surface area (Å²) in [5.41, 5.74) is 2.22. The van der Waals surface area contributed by atoms with Crippen molar-refractivity contribution in [2.45, 2.75) is 39.0 Å². The van der Waals surface area contributed by atoms with E-state index in [1.54, 1.807) is 24.3 Å². The highest BCUT2D eigenvalue weighted by atomic mass is 35.5. The van der Waals surface area contributed by atoms with Crippen molar-refractivity contribution < 1.29 is 19.7 Å². The van der Waals surface area contributed by atoms with Gasteiger partial charge < -0.3 is 19.7 Å². The summed E-state index contributed by atoms with van der Waals surface area (Å²) < 4.78 is 11.4. The Bertz CT molecular complexity index is 724. The van der Waals surface area contributed by atoms with Crippen LogP contribution in [0.1, 0.15) is 30.9 Å². The molecule has 1 saturated heterocycles. The topological polar surface area (TPSA) is 52.4 Å². The molecule has 1 aliphatic rings. The van der Waals surface area contributed by atoms with E-state index in [0.29, 0.717) is 11.8 Å². The highest BCUT2D eigenvalue weighted by Crippen LogP contribution is 2.28. The highest BCUT2D eigenvalue weighted by molar-refractivity contribution is 6.29. The van der Waals surface area contributed by atoms with Gasteiger partial charge in [0.05, 0.1) is 20.2 Å². The quantitative estimate of drug-likeness (QED) is 0.636. The van der Waals surface area contributed by atoms with Gasteiger partial charge in [-0.3, -0.25) is 0 Å². The van der Waals surface area contributed by atoms with E-state index in [1.165, 1.54) is 38.0 Å². The molecule has 6 heteroatoms. The number of hydrogen-bond donors (Lipinski definition) is 2. The predicted molar refractivity (Wildman–Crippen MR) is 106 cm³/mol. The number of likely N-dealkylation sites (tertiary alicyclic amines) is 1. The molecule has 0 aliphatic carbocycles. The van der Waals surface area contributed by atoms with E-state index in [1.807, 2.05) is 12.1 Å². The minimum atomic E-state index is 0.434. The van der Waals surface area contributed by atoms with Gasteiger partial charge in [0.2, 0.25) is 0 Å². The van der Waals surface area contributed by atoms with Crippen LogP contribution in [0.15, 0.2) is 36.5 Å². The number of quaternary nitrogens is 2. The van der Waals surface area contributed by atoms with E-state index < -0.39 is 0 Å². The molecule has 1 fully saturated rings. The van der Waals surface area contributed by atoms with Crippen LogP contribution in [0, 0.1) is 0 Å². The van der Waals surface area contributed by atoms with Crippen LogP contribution in [-0.2, 0) is 13.2 Å². The van der Waals surface area contributed by atoms with E-state index >= 15 is 0 Å². The molecule has 3 rings (SSSR count). The number of rotatable bonds is 9. The number of halogens is 1. The molecule has 0 radical (unpaired) electrons. The molecule has 1 aromatic carbocycles. The molecule has 1 unspecified atom stereocenters. The molecule has 0 saturated carbocycles. The molecule has 0 bridgehead atoms. The predicted octanol–water partition coefficient (Wildman–Crippen LogP) is 1.45. The number of nitrogens with two attached hydrogens (primary N) is 1. The number of likely N-dealkylation sites (N-methyl/N-ethyl adjacent to an activating group) is 1. The third kappa shape index (κ3) is 5.58. The summed E-state index contributed by atoms with van der Waals surface area (Å²) in [4.78, 5) is 5.83. The van der Waals surface area contributed by atoms with Crippen LogP contribution in [-0.4, -0.2) is 37.8 Å². The van der Waals surface area contributed by atoms with Gasteiger partial charge in [0.15, 0.2) is 11.5 Å². The van der Waals surface area contributed by atoms with Gasteiger partial charge >= 0.3 is 0 Å². The number of pyridine rings is 1. The lowest BCUT2D eigenvalue weighted by molar-refractivity contribution is -0.925. The van der Waals surface area contributed by atoms with Crippen LogP contribution in [0.25, 0.3) is 0 Å². The van der Waals surface area contributed by atoms with Gasteiger partial charge in [-0.15, -0.1) is 0 Å². The van der Waals surface area contributed by atoms with Crippen molar-refractivity contribution in [1.29, 1.82) is 0 Å². The second-order valence-corrected chi connectivity index (χ2v) is 7.48. The molecule has 1 aliphatic heterocycles. The first-order chi connectivity index (χ1) is 13.2. The average molecular weight is 392 g/mol. The summed E-state index contributed by atoms with van der Waals surface area (Å²) in [6.07, 6.45) is 4.45. The van der Waals surface area contributed by atoms with E-state index in [9.17, 15) is 0 Å². The van der Waals surface area contributed by atoms with Crippen molar-refractivity contribution in [2.24, 2.45) is 0 Å². The van der Waals surface area contributed by atoms with Crippen LogP contribution < -0.4 is 19.7 Å². The molecule has 0 amide bonds. The fourth-order valence-corrected chi connectivity index (χ4v) is 3.91. The average Bonchev–Trinajstić information content (AvgIpc) is 3.15. The number of benzene rings is 1. The first kappa shape index (κ1) is 19.9. The monoisotopic (exact) mass is 391 g/mol. The second kappa shape index (κ2) is 9.93. The van der Waals surface area contributed by atoms with Gasteiger partial charge in [-0.2, -0.15) is 0 Å².